The maximum absolute atomic E-state index is 2.32. The van der Waals surface area contributed by atoms with Crippen molar-refractivity contribution in [1.82, 2.24) is 0 Å². The molecule has 1 heteroatoms. The zero-order valence-corrected chi connectivity index (χ0v) is 11.8. The van der Waals surface area contributed by atoms with Gasteiger partial charge in [-0.15, -0.1) is 0 Å². The summed E-state index contributed by atoms with van der Waals surface area (Å²) in [5.74, 6) is 0.711. The van der Waals surface area contributed by atoms with Crippen LogP contribution in [0, 0.1) is 12.8 Å². The van der Waals surface area contributed by atoms with E-state index in [0.717, 1.165) is 6.42 Å². The fraction of sp³-hybridized carbons (Fsp3) is 0.353. The second-order valence-corrected chi connectivity index (χ2v) is 5.44. The second-order valence-electron chi connectivity index (χ2n) is 5.44. The molecule has 0 N–H and O–H groups in total. The minimum absolute atomic E-state index is 0.711. The van der Waals surface area contributed by atoms with Gasteiger partial charge < -0.3 is 0 Å². The first-order valence-electron chi connectivity index (χ1n) is 6.62. The van der Waals surface area contributed by atoms with Crippen molar-refractivity contribution in [2.45, 2.75) is 27.2 Å². The first-order chi connectivity index (χ1) is 8.58. The first-order valence-corrected chi connectivity index (χ1v) is 6.62. The zero-order chi connectivity index (χ0) is 13.1. The molecule has 0 bridgehead atoms. The van der Waals surface area contributed by atoms with Gasteiger partial charge in [0.25, 0.3) is 0 Å². The number of hydrogen-bond donors (Lipinski definition) is 0. The fourth-order valence-electron chi connectivity index (χ4n) is 2.41. The molecule has 0 saturated heterocycles. The molecule has 0 fully saturated rings. The number of aromatic nitrogens is 1. The molecule has 0 radical (unpaired) electrons. The lowest BCUT2D eigenvalue weighted by Gasteiger charge is -2.09. The van der Waals surface area contributed by atoms with Gasteiger partial charge in [0.1, 0.15) is 7.05 Å². The molecule has 1 aromatic heterocycles. The van der Waals surface area contributed by atoms with Crippen LogP contribution >= 0.6 is 0 Å². The highest BCUT2D eigenvalue weighted by Crippen LogP contribution is 2.22. The predicted molar refractivity (Wildman–Crippen MR) is 76.3 cm³/mol. The third kappa shape index (κ3) is 2.79. The van der Waals surface area contributed by atoms with Gasteiger partial charge in [-0.1, -0.05) is 26.0 Å². The van der Waals surface area contributed by atoms with Crippen LogP contribution < -0.4 is 4.57 Å². The van der Waals surface area contributed by atoms with Crippen molar-refractivity contribution in [3.8, 4) is 11.3 Å². The minimum atomic E-state index is 0.711. The van der Waals surface area contributed by atoms with Crippen LogP contribution in [-0.2, 0) is 13.5 Å². The van der Waals surface area contributed by atoms with Crippen LogP contribution in [0.1, 0.15) is 25.0 Å². The van der Waals surface area contributed by atoms with Crippen molar-refractivity contribution < 1.29 is 4.57 Å². The lowest BCUT2D eigenvalue weighted by Crippen LogP contribution is -2.30. The van der Waals surface area contributed by atoms with Crippen molar-refractivity contribution >= 4 is 0 Å². The maximum atomic E-state index is 2.32. The molecule has 0 unspecified atom stereocenters. The number of pyridine rings is 1. The van der Waals surface area contributed by atoms with E-state index in [1.54, 1.807) is 0 Å². The summed E-state index contributed by atoms with van der Waals surface area (Å²) in [6.45, 7) is 6.73. The predicted octanol–water partition coefficient (Wildman–Crippen LogP) is 3.69. The van der Waals surface area contributed by atoms with Crippen LogP contribution in [0.3, 0.4) is 0 Å². The van der Waals surface area contributed by atoms with E-state index in [9.17, 15) is 0 Å². The van der Waals surface area contributed by atoms with Crippen LogP contribution in [0.5, 0.6) is 0 Å². The largest absolute Gasteiger partial charge is 0.212 e. The number of rotatable bonds is 3. The molecule has 94 valence electrons. The van der Waals surface area contributed by atoms with E-state index in [2.05, 4.69) is 75.0 Å². The summed E-state index contributed by atoms with van der Waals surface area (Å²) in [5, 5.41) is 0. The highest BCUT2D eigenvalue weighted by molar-refractivity contribution is 5.61. The highest BCUT2D eigenvalue weighted by atomic mass is 14.9. The van der Waals surface area contributed by atoms with Gasteiger partial charge in [-0.2, -0.15) is 0 Å². The lowest BCUT2D eigenvalue weighted by molar-refractivity contribution is -0.660. The summed E-state index contributed by atoms with van der Waals surface area (Å²) in [6.07, 6.45) is 3.25. The molecular formula is C17H22N+. The summed E-state index contributed by atoms with van der Waals surface area (Å²) in [7, 11) is 2.09. The highest BCUT2D eigenvalue weighted by Gasteiger charge is 2.11. The van der Waals surface area contributed by atoms with Gasteiger partial charge >= 0.3 is 0 Å². The summed E-state index contributed by atoms with van der Waals surface area (Å²) < 4.78 is 2.17. The van der Waals surface area contributed by atoms with Gasteiger partial charge in [0.05, 0.1) is 0 Å². The van der Waals surface area contributed by atoms with Gasteiger partial charge in [0.15, 0.2) is 6.20 Å². The molecule has 0 saturated carbocycles. The average Bonchev–Trinajstić information content (AvgIpc) is 2.30. The Morgan fingerprint density at radius 2 is 1.89 bits per heavy atom. The van der Waals surface area contributed by atoms with Crippen LogP contribution in [0.25, 0.3) is 11.3 Å². The molecule has 1 heterocycles. The molecule has 0 aliphatic heterocycles. The van der Waals surface area contributed by atoms with E-state index in [1.807, 2.05) is 0 Å². The molecule has 0 atom stereocenters. The van der Waals surface area contributed by atoms with E-state index in [4.69, 9.17) is 0 Å². The summed E-state index contributed by atoms with van der Waals surface area (Å²) in [4.78, 5) is 0. The number of hydrogen-bond acceptors (Lipinski definition) is 0. The van der Waals surface area contributed by atoms with Crippen LogP contribution in [-0.4, -0.2) is 0 Å². The van der Waals surface area contributed by atoms with E-state index < -0.39 is 0 Å². The smallest absolute Gasteiger partial charge is 0.201 e. The molecule has 2 aromatic rings. The number of aryl methyl sites for hydroxylation is 2. The van der Waals surface area contributed by atoms with E-state index in [0.29, 0.717) is 5.92 Å². The standard InChI is InChI=1S/C17H22N/c1-13(2)11-15-8-9-16(14(3)12-15)17-7-5-6-10-18(17)4/h5-10,12-13H,11H2,1-4H3/q+1. The molecule has 0 amide bonds. The zero-order valence-electron chi connectivity index (χ0n) is 11.8. The topological polar surface area (TPSA) is 3.88 Å². The van der Waals surface area contributed by atoms with Gasteiger partial charge in [0, 0.05) is 17.7 Å². The van der Waals surface area contributed by atoms with Crippen molar-refractivity contribution in [3.05, 3.63) is 53.7 Å². The Kier molecular flexibility index (Phi) is 3.81. The Balaban J connectivity index is 2.39. The molecule has 1 aromatic carbocycles. The van der Waals surface area contributed by atoms with Crippen molar-refractivity contribution in [2.75, 3.05) is 0 Å². The van der Waals surface area contributed by atoms with Crippen LogP contribution in [0.2, 0.25) is 0 Å². The molecule has 0 aliphatic rings. The summed E-state index contributed by atoms with van der Waals surface area (Å²) >= 11 is 0. The monoisotopic (exact) mass is 240 g/mol. The first kappa shape index (κ1) is 12.8. The Bertz CT molecular complexity index is 541. The van der Waals surface area contributed by atoms with Crippen molar-refractivity contribution in [1.29, 1.82) is 0 Å². The average molecular weight is 240 g/mol. The minimum Gasteiger partial charge on any atom is -0.201 e. The van der Waals surface area contributed by atoms with E-state index in [1.165, 1.54) is 22.4 Å². The quantitative estimate of drug-likeness (QED) is 0.720. The van der Waals surface area contributed by atoms with Gasteiger partial charge in [-0.25, -0.2) is 4.57 Å². The summed E-state index contributed by atoms with van der Waals surface area (Å²) in [6, 6.07) is 13.2. The SMILES string of the molecule is Cc1cc(CC(C)C)ccc1-c1cccc[n+]1C. The third-order valence-corrected chi connectivity index (χ3v) is 3.27. The van der Waals surface area contributed by atoms with Gasteiger partial charge in [-0.05, 0) is 42.5 Å². The molecule has 1 nitrogen and oxygen atoms in total. The van der Waals surface area contributed by atoms with Gasteiger partial charge in [-0.3, -0.25) is 0 Å². The fourth-order valence-corrected chi connectivity index (χ4v) is 2.41. The Morgan fingerprint density at radius 1 is 1.11 bits per heavy atom. The van der Waals surface area contributed by atoms with Crippen LogP contribution in [0.4, 0.5) is 0 Å². The van der Waals surface area contributed by atoms with Crippen LogP contribution in [0.15, 0.2) is 42.6 Å². The molecule has 0 spiro atoms. The Labute approximate surface area is 110 Å². The molecular weight excluding hydrogens is 218 g/mol. The van der Waals surface area contributed by atoms with E-state index in [-0.39, 0.29) is 0 Å². The molecule has 2 rings (SSSR count). The van der Waals surface area contributed by atoms with E-state index >= 15 is 0 Å². The van der Waals surface area contributed by atoms with Crippen molar-refractivity contribution in [2.24, 2.45) is 13.0 Å². The molecule has 18 heavy (non-hydrogen) atoms. The van der Waals surface area contributed by atoms with Gasteiger partial charge in [0.2, 0.25) is 5.69 Å². The molecule has 0 aliphatic carbocycles. The normalized spacial score (nSPS) is 10.9. The van der Waals surface area contributed by atoms with Crippen molar-refractivity contribution in [3.63, 3.8) is 0 Å². The third-order valence-electron chi connectivity index (χ3n) is 3.27. The number of benzene rings is 1. The Morgan fingerprint density at radius 3 is 2.50 bits per heavy atom. The maximum Gasteiger partial charge on any atom is 0.212 e. The second kappa shape index (κ2) is 5.34. The lowest BCUT2D eigenvalue weighted by atomic mass is 9.97. The Hall–Kier alpha value is -1.63. The number of nitrogens with zero attached hydrogens (tertiary/aromatic N) is 1. The summed E-state index contributed by atoms with van der Waals surface area (Å²) in [5.41, 5.74) is 5.39.